The molecule has 0 aliphatic carbocycles. The number of benzene rings is 2. The third kappa shape index (κ3) is 4.34. The Morgan fingerprint density at radius 2 is 1.61 bits per heavy atom. The third-order valence-electron chi connectivity index (χ3n) is 4.02. The number of anilines is 3. The van der Waals surface area contributed by atoms with Gasteiger partial charge in [-0.3, -0.25) is 4.79 Å². The highest BCUT2D eigenvalue weighted by atomic mass is 32.1. The van der Waals surface area contributed by atoms with E-state index in [4.69, 9.17) is 14.2 Å². The van der Waals surface area contributed by atoms with Crippen molar-refractivity contribution in [1.82, 2.24) is 4.98 Å². The second-order valence-electron chi connectivity index (χ2n) is 5.87. The van der Waals surface area contributed by atoms with Crippen molar-refractivity contribution in [2.24, 2.45) is 0 Å². The number of hydrogen-bond donors (Lipinski definition) is 2. The molecular formula is C20H21N3O4S. The van der Waals surface area contributed by atoms with Gasteiger partial charge >= 0.3 is 0 Å². The first-order valence-electron chi connectivity index (χ1n) is 8.44. The minimum absolute atomic E-state index is 0.277. The Labute approximate surface area is 167 Å². The number of methoxy groups -OCH3 is 3. The molecule has 1 amide bonds. The van der Waals surface area contributed by atoms with Gasteiger partial charge in [-0.15, -0.1) is 11.3 Å². The van der Waals surface area contributed by atoms with E-state index in [1.54, 1.807) is 44.9 Å². The Morgan fingerprint density at radius 3 is 2.29 bits per heavy atom. The fourth-order valence-corrected chi connectivity index (χ4v) is 3.34. The van der Waals surface area contributed by atoms with E-state index >= 15 is 0 Å². The van der Waals surface area contributed by atoms with Crippen LogP contribution in [0.25, 0.3) is 0 Å². The van der Waals surface area contributed by atoms with Crippen molar-refractivity contribution < 1.29 is 19.0 Å². The van der Waals surface area contributed by atoms with Gasteiger partial charge in [0.1, 0.15) is 11.4 Å². The minimum atomic E-state index is -0.277. The van der Waals surface area contributed by atoms with Gasteiger partial charge in [-0.1, -0.05) is 0 Å². The van der Waals surface area contributed by atoms with Gasteiger partial charge in [0.15, 0.2) is 16.6 Å². The normalized spacial score (nSPS) is 10.3. The molecule has 0 radical (unpaired) electrons. The molecule has 7 nitrogen and oxygen atoms in total. The summed E-state index contributed by atoms with van der Waals surface area (Å²) in [6.07, 6.45) is 0. The van der Waals surface area contributed by atoms with Gasteiger partial charge in [-0.05, 0) is 42.8 Å². The summed E-state index contributed by atoms with van der Waals surface area (Å²) in [7, 11) is 4.78. The van der Waals surface area contributed by atoms with E-state index in [-0.39, 0.29) is 5.91 Å². The van der Waals surface area contributed by atoms with E-state index in [2.05, 4.69) is 15.6 Å². The quantitative estimate of drug-likeness (QED) is 0.610. The zero-order valence-corrected chi connectivity index (χ0v) is 16.8. The SMILES string of the molecule is COc1ccc(NC(=O)c2csc(Nc3ccc(OC)c(OC)c3)n2)cc1C. The number of ether oxygens (including phenoxy) is 3. The molecule has 0 unspecified atom stereocenters. The van der Waals surface area contributed by atoms with Crippen LogP contribution in [0.4, 0.5) is 16.5 Å². The van der Waals surface area contributed by atoms with Crippen molar-refractivity contribution in [3.63, 3.8) is 0 Å². The fourth-order valence-electron chi connectivity index (χ4n) is 2.62. The highest BCUT2D eigenvalue weighted by molar-refractivity contribution is 7.14. The molecule has 0 aliphatic heterocycles. The number of amides is 1. The van der Waals surface area contributed by atoms with E-state index < -0.39 is 0 Å². The first-order valence-corrected chi connectivity index (χ1v) is 9.32. The highest BCUT2D eigenvalue weighted by Crippen LogP contribution is 2.32. The maximum absolute atomic E-state index is 12.5. The first-order chi connectivity index (χ1) is 13.5. The summed E-state index contributed by atoms with van der Waals surface area (Å²) in [6.45, 7) is 1.92. The number of aromatic nitrogens is 1. The molecule has 0 bridgehead atoms. The average molecular weight is 399 g/mol. The maximum Gasteiger partial charge on any atom is 0.275 e. The summed E-state index contributed by atoms with van der Waals surface area (Å²) < 4.78 is 15.8. The molecule has 0 spiro atoms. The summed E-state index contributed by atoms with van der Waals surface area (Å²) in [4.78, 5) is 16.8. The zero-order valence-electron chi connectivity index (χ0n) is 16.0. The van der Waals surface area contributed by atoms with E-state index in [1.807, 2.05) is 25.1 Å². The molecule has 1 aromatic heterocycles. The Balaban J connectivity index is 1.69. The van der Waals surface area contributed by atoms with Crippen molar-refractivity contribution in [2.45, 2.75) is 6.92 Å². The molecule has 8 heteroatoms. The summed E-state index contributed by atoms with van der Waals surface area (Å²) in [6, 6.07) is 10.9. The molecule has 0 aliphatic rings. The Bertz CT molecular complexity index is 987. The van der Waals surface area contributed by atoms with Crippen molar-refractivity contribution in [3.05, 3.63) is 53.0 Å². The Morgan fingerprint density at radius 1 is 0.929 bits per heavy atom. The monoisotopic (exact) mass is 399 g/mol. The number of carbonyl (C=O) groups is 1. The van der Waals surface area contributed by atoms with Crippen LogP contribution in [-0.4, -0.2) is 32.2 Å². The molecule has 2 aromatic carbocycles. The molecule has 28 heavy (non-hydrogen) atoms. The van der Waals surface area contributed by atoms with E-state index in [1.165, 1.54) is 11.3 Å². The van der Waals surface area contributed by atoms with Crippen LogP contribution in [-0.2, 0) is 0 Å². The molecule has 0 fully saturated rings. The van der Waals surface area contributed by atoms with Gasteiger partial charge in [0.05, 0.1) is 21.3 Å². The molecule has 146 valence electrons. The Kier molecular flexibility index (Phi) is 6.00. The van der Waals surface area contributed by atoms with Gasteiger partial charge in [-0.2, -0.15) is 0 Å². The van der Waals surface area contributed by atoms with Crippen LogP contribution in [0.2, 0.25) is 0 Å². The van der Waals surface area contributed by atoms with Crippen molar-refractivity contribution >= 4 is 33.8 Å². The van der Waals surface area contributed by atoms with Crippen LogP contribution in [0.1, 0.15) is 16.1 Å². The maximum atomic E-state index is 12.5. The van der Waals surface area contributed by atoms with Gasteiger partial charge in [-0.25, -0.2) is 4.98 Å². The summed E-state index contributed by atoms with van der Waals surface area (Å²) in [5.41, 5.74) is 2.74. The summed E-state index contributed by atoms with van der Waals surface area (Å²) in [5, 5.41) is 8.32. The lowest BCUT2D eigenvalue weighted by atomic mass is 10.2. The highest BCUT2D eigenvalue weighted by Gasteiger charge is 2.13. The lowest BCUT2D eigenvalue weighted by Crippen LogP contribution is -2.12. The number of nitrogens with one attached hydrogen (secondary N) is 2. The van der Waals surface area contributed by atoms with Crippen molar-refractivity contribution in [2.75, 3.05) is 32.0 Å². The average Bonchev–Trinajstić information content (AvgIpc) is 3.16. The predicted molar refractivity (Wildman–Crippen MR) is 111 cm³/mol. The molecule has 0 saturated carbocycles. The number of rotatable bonds is 7. The molecule has 3 aromatic rings. The second kappa shape index (κ2) is 8.62. The van der Waals surface area contributed by atoms with Gasteiger partial charge in [0.25, 0.3) is 5.91 Å². The molecule has 0 saturated heterocycles. The van der Waals surface area contributed by atoms with Crippen LogP contribution >= 0.6 is 11.3 Å². The summed E-state index contributed by atoms with van der Waals surface area (Å²) >= 11 is 1.34. The smallest absolute Gasteiger partial charge is 0.275 e. The lowest BCUT2D eigenvalue weighted by Gasteiger charge is -2.09. The Hall–Kier alpha value is -3.26. The molecule has 3 rings (SSSR count). The van der Waals surface area contributed by atoms with Crippen LogP contribution in [0.5, 0.6) is 17.2 Å². The third-order valence-corrected chi connectivity index (χ3v) is 4.78. The largest absolute Gasteiger partial charge is 0.496 e. The van der Waals surface area contributed by atoms with Gasteiger partial charge < -0.3 is 24.8 Å². The fraction of sp³-hybridized carbons (Fsp3) is 0.200. The zero-order chi connectivity index (χ0) is 20.1. The van der Waals surface area contributed by atoms with Gasteiger partial charge in [0.2, 0.25) is 0 Å². The number of thiazole rings is 1. The minimum Gasteiger partial charge on any atom is -0.496 e. The van der Waals surface area contributed by atoms with Crippen LogP contribution in [0.15, 0.2) is 41.8 Å². The number of aryl methyl sites for hydroxylation is 1. The number of hydrogen-bond acceptors (Lipinski definition) is 7. The molecule has 1 heterocycles. The van der Waals surface area contributed by atoms with E-state index in [0.29, 0.717) is 28.0 Å². The van der Waals surface area contributed by atoms with Gasteiger partial charge in [0, 0.05) is 22.8 Å². The van der Waals surface area contributed by atoms with Crippen LogP contribution < -0.4 is 24.8 Å². The molecular weight excluding hydrogens is 378 g/mol. The van der Waals surface area contributed by atoms with Crippen molar-refractivity contribution in [3.8, 4) is 17.2 Å². The second-order valence-corrected chi connectivity index (χ2v) is 6.73. The number of nitrogens with zero attached hydrogens (tertiary/aromatic N) is 1. The van der Waals surface area contributed by atoms with E-state index in [9.17, 15) is 4.79 Å². The molecule has 0 atom stereocenters. The van der Waals surface area contributed by atoms with Crippen LogP contribution in [0.3, 0.4) is 0 Å². The topological polar surface area (TPSA) is 81.7 Å². The summed E-state index contributed by atoms with van der Waals surface area (Å²) in [5.74, 6) is 1.74. The first kappa shape index (κ1) is 19.5. The lowest BCUT2D eigenvalue weighted by molar-refractivity contribution is 0.102. The van der Waals surface area contributed by atoms with Crippen LogP contribution in [0, 0.1) is 6.92 Å². The predicted octanol–water partition coefficient (Wildman–Crippen LogP) is 4.47. The van der Waals surface area contributed by atoms with Crippen molar-refractivity contribution in [1.29, 1.82) is 0 Å². The molecule has 2 N–H and O–H groups in total. The standard InChI is InChI=1S/C20H21N3O4S/c1-12-9-13(5-7-16(12)25-2)21-19(24)15-11-28-20(23-15)22-14-6-8-17(26-3)18(10-14)27-4/h5-11H,1-4H3,(H,21,24)(H,22,23). The van der Waals surface area contributed by atoms with E-state index in [0.717, 1.165) is 17.0 Å². The number of carbonyl (C=O) groups excluding carboxylic acids is 1.